The molecule has 1 fully saturated rings. The van der Waals surface area contributed by atoms with Crippen LogP contribution < -0.4 is 5.32 Å². The number of hydrogen-bond donors (Lipinski definition) is 1. The van der Waals surface area contributed by atoms with Crippen LogP contribution in [0.15, 0.2) is 0 Å². The van der Waals surface area contributed by atoms with Crippen molar-refractivity contribution in [3.05, 3.63) is 17.2 Å². The fraction of sp³-hybridized carbons (Fsp3) is 0.800. The molecule has 0 radical (unpaired) electrons. The van der Waals surface area contributed by atoms with Gasteiger partial charge in [-0.3, -0.25) is 0 Å². The third-order valence-corrected chi connectivity index (χ3v) is 4.62. The molecule has 2 heterocycles. The number of aromatic nitrogens is 2. The van der Waals surface area contributed by atoms with Gasteiger partial charge in [-0.15, -0.1) is 0 Å². The van der Waals surface area contributed by atoms with Crippen molar-refractivity contribution in [1.82, 2.24) is 14.9 Å². The lowest BCUT2D eigenvalue weighted by Crippen LogP contribution is -2.27. The summed E-state index contributed by atoms with van der Waals surface area (Å²) in [4.78, 5) is 3.93. The lowest BCUT2D eigenvalue weighted by molar-refractivity contribution is -0.148. The summed E-state index contributed by atoms with van der Waals surface area (Å²) in [5, 5.41) is 3.12. The largest absolute Gasteiger partial charge is 0.449 e. The van der Waals surface area contributed by atoms with E-state index in [9.17, 15) is 13.2 Å². The van der Waals surface area contributed by atoms with Gasteiger partial charge < -0.3 is 9.88 Å². The van der Waals surface area contributed by atoms with E-state index in [-0.39, 0.29) is 6.04 Å². The highest BCUT2D eigenvalue weighted by Gasteiger charge is 2.40. The van der Waals surface area contributed by atoms with Gasteiger partial charge in [-0.05, 0) is 12.8 Å². The Kier molecular flexibility index (Phi) is 4.24. The van der Waals surface area contributed by atoms with Crippen molar-refractivity contribution < 1.29 is 13.2 Å². The number of imidazole rings is 1. The first-order valence-electron chi connectivity index (χ1n) is 7.95. The van der Waals surface area contributed by atoms with Crippen LogP contribution >= 0.6 is 0 Å². The summed E-state index contributed by atoms with van der Waals surface area (Å²) >= 11 is 0. The van der Waals surface area contributed by atoms with Crippen molar-refractivity contribution in [3.63, 3.8) is 0 Å². The Morgan fingerprint density at radius 1 is 1.05 bits per heavy atom. The lowest BCUT2D eigenvalue weighted by atomic mass is 9.96. The maximum Gasteiger partial charge on any atom is 0.449 e. The highest BCUT2D eigenvalue weighted by Crippen LogP contribution is 2.37. The van der Waals surface area contributed by atoms with Crippen LogP contribution in [-0.4, -0.2) is 16.1 Å². The van der Waals surface area contributed by atoms with Crippen LogP contribution in [0.25, 0.3) is 0 Å². The van der Waals surface area contributed by atoms with Crippen molar-refractivity contribution in [2.24, 2.45) is 0 Å². The zero-order valence-electron chi connectivity index (χ0n) is 12.2. The standard InChI is InChI=1S/C15H22F3N3/c16-15(17,18)14-20-12-10-19-9-8-13(12)21(14)11-6-4-2-1-3-5-7-11/h11,19H,1-10H2. The molecule has 1 saturated carbocycles. The summed E-state index contributed by atoms with van der Waals surface area (Å²) in [6.07, 6.45) is 3.50. The van der Waals surface area contributed by atoms with Gasteiger partial charge in [0.25, 0.3) is 0 Å². The summed E-state index contributed by atoms with van der Waals surface area (Å²) < 4.78 is 41.6. The van der Waals surface area contributed by atoms with Crippen molar-refractivity contribution in [3.8, 4) is 0 Å². The maximum atomic E-state index is 13.4. The molecule has 0 unspecified atom stereocenters. The molecular formula is C15H22F3N3. The van der Waals surface area contributed by atoms with Crippen LogP contribution in [0.5, 0.6) is 0 Å². The number of rotatable bonds is 1. The molecule has 2 aliphatic rings. The molecule has 0 spiro atoms. The Morgan fingerprint density at radius 3 is 2.38 bits per heavy atom. The summed E-state index contributed by atoms with van der Waals surface area (Å²) in [6.45, 7) is 1.20. The molecule has 1 aliphatic heterocycles. The molecule has 1 aromatic rings. The lowest BCUT2D eigenvalue weighted by Gasteiger charge is -2.26. The summed E-state index contributed by atoms with van der Waals surface area (Å²) in [5.41, 5.74) is 1.40. The smallest absolute Gasteiger partial charge is 0.321 e. The molecule has 3 nitrogen and oxygen atoms in total. The van der Waals surface area contributed by atoms with E-state index < -0.39 is 12.0 Å². The third-order valence-electron chi connectivity index (χ3n) is 4.62. The molecular weight excluding hydrogens is 279 g/mol. The molecule has 1 aliphatic carbocycles. The van der Waals surface area contributed by atoms with Crippen LogP contribution in [0.1, 0.15) is 68.2 Å². The van der Waals surface area contributed by atoms with Gasteiger partial charge in [0.2, 0.25) is 5.82 Å². The average Bonchev–Trinajstić information content (AvgIpc) is 2.78. The van der Waals surface area contributed by atoms with E-state index >= 15 is 0 Å². The van der Waals surface area contributed by atoms with Gasteiger partial charge in [-0.25, -0.2) is 4.98 Å². The van der Waals surface area contributed by atoms with Crippen LogP contribution in [0.3, 0.4) is 0 Å². The van der Waals surface area contributed by atoms with E-state index in [1.54, 1.807) is 4.57 Å². The topological polar surface area (TPSA) is 29.9 Å². The molecule has 1 N–H and O–H groups in total. The Labute approximate surface area is 122 Å². The fourth-order valence-corrected chi connectivity index (χ4v) is 3.62. The van der Waals surface area contributed by atoms with E-state index in [0.29, 0.717) is 18.7 Å². The Bertz CT molecular complexity index is 485. The van der Waals surface area contributed by atoms with Crippen molar-refractivity contribution in [1.29, 1.82) is 0 Å². The second-order valence-electron chi connectivity index (χ2n) is 6.12. The van der Waals surface area contributed by atoms with Crippen LogP contribution in [0.2, 0.25) is 0 Å². The SMILES string of the molecule is FC(F)(F)c1nc2c(n1C1CCCCCCC1)CCNC2. The highest BCUT2D eigenvalue weighted by molar-refractivity contribution is 5.22. The molecule has 0 aromatic carbocycles. The molecule has 0 saturated heterocycles. The molecule has 3 rings (SSSR count). The van der Waals surface area contributed by atoms with Gasteiger partial charge in [-0.2, -0.15) is 13.2 Å². The Hall–Kier alpha value is -1.04. The van der Waals surface area contributed by atoms with E-state index in [1.165, 1.54) is 6.42 Å². The third kappa shape index (κ3) is 3.10. The minimum absolute atomic E-state index is 0.0312. The molecule has 118 valence electrons. The van der Waals surface area contributed by atoms with Gasteiger partial charge in [0.05, 0.1) is 5.69 Å². The molecule has 0 atom stereocenters. The number of hydrogen-bond acceptors (Lipinski definition) is 2. The summed E-state index contributed by atoms with van der Waals surface area (Å²) in [7, 11) is 0. The van der Waals surface area contributed by atoms with Gasteiger partial charge in [0.1, 0.15) is 0 Å². The highest BCUT2D eigenvalue weighted by atomic mass is 19.4. The molecule has 0 bridgehead atoms. The van der Waals surface area contributed by atoms with E-state index in [4.69, 9.17) is 0 Å². The predicted octanol–water partition coefficient (Wildman–Crippen LogP) is 3.83. The van der Waals surface area contributed by atoms with E-state index in [0.717, 1.165) is 50.8 Å². The van der Waals surface area contributed by atoms with Crippen LogP contribution in [0.4, 0.5) is 13.2 Å². The van der Waals surface area contributed by atoms with Crippen molar-refractivity contribution in [2.45, 2.75) is 70.1 Å². The Morgan fingerprint density at radius 2 is 1.71 bits per heavy atom. The second-order valence-corrected chi connectivity index (χ2v) is 6.12. The second kappa shape index (κ2) is 5.99. The minimum Gasteiger partial charge on any atom is -0.321 e. The van der Waals surface area contributed by atoms with Crippen LogP contribution in [-0.2, 0) is 19.1 Å². The number of halogens is 3. The first-order valence-corrected chi connectivity index (χ1v) is 7.95. The van der Waals surface area contributed by atoms with Gasteiger partial charge in [0, 0.05) is 31.2 Å². The average molecular weight is 301 g/mol. The minimum atomic E-state index is -4.36. The van der Waals surface area contributed by atoms with Crippen molar-refractivity contribution >= 4 is 0 Å². The quantitative estimate of drug-likeness (QED) is 0.854. The fourth-order valence-electron chi connectivity index (χ4n) is 3.62. The van der Waals surface area contributed by atoms with E-state index in [2.05, 4.69) is 10.3 Å². The Balaban J connectivity index is 1.99. The molecule has 0 amide bonds. The number of nitrogens with one attached hydrogen (secondary N) is 1. The molecule has 1 aromatic heterocycles. The van der Waals surface area contributed by atoms with Gasteiger partial charge in [-0.1, -0.05) is 32.1 Å². The number of alkyl halides is 3. The molecule has 21 heavy (non-hydrogen) atoms. The van der Waals surface area contributed by atoms with Crippen LogP contribution in [0, 0.1) is 0 Å². The number of fused-ring (bicyclic) bond motifs is 1. The monoisotopic (exact) mass is 301 g/mol. The van der Waals surface area contributed by atoms with Gasteiger partial charge in [0.15, 0.2) is 0 Å². The molecule has 6 heteroatoms. The first-order chi connectivity index (χ1) is 10.1. The zero-order chi connectivity index (χ0) is 14.9. The summed E-state index contributed by atoms with van der Waals surface area (Å²) in [5.74, 6) is -0.679. The summed E-state index contributed by atoms with van der Waals surface area (Å²) in [6, 6.07) is -0.0312. The first kappa shape index (κ1) is 14.9. The van der Waals surface area contributed by atoms with E-state index in [1.807, 2.05) is 0 Å². The van der Waals surface area contributed by atoms with Crippen molar-refractivity contribution in [2.75, 3.05) is 6.54 Å². The normalized spacial score (nSPS) is 21.7. The maximum absolute atomic E-state index is 13.4. The number of nitrogens with zero attached hydrogens (tertiary/aromatic N) is 2. The predicted molar refractivity (Wildman–Crippen MR) is 74.0 cm³/mol. The van der Waals surface area contributed by atoms with Gasteiger partial charge >= 0.3 is 6.18 Å². The zero-order valence-corrected chi connectivity index (χ0v) is 12.2.